The molecule has 2 amide bonds. The summed E-state index contributed by atoms with van der Waals surface area (Å²) in [5.41, 5.74) is 17.8. The lowest BCUT2D eigenvalue weighted by atomic mass is 10.1. The molecule has 0 atom stereocenters. The number of benzene rings is 1. The molecular formula is C12H18N4O2. The van der Waals surface area contributed by atoms with Gasteiger partial charge in [-0.05, 0) is 11.1 Å². The van der Waals surface area contributed by atoms with Gasteiger partial charge in [0.15, 0.2) is 0 Å². The molecule has 0 spiro atoms. The van der Waals surface area contributed by atoms with E-state index in [0.29, 0.717) is 13.1 Å². The molecule has 0 unspecified atom stereocenters. The van der Waals surface area contributed by atoms with Crippen molar-refractivity contribution in [2.24, 2.45) is 17.2 Å². The molecule has 6 N–H and O–H groups in total. The minimum absolute atomic E-state index is 0.00417. The molecule has 1 rings (SSSR count). The number of hydrogen-bond acceptors (Lipinski definition) is 4. The SMILES string of the molecule is NCc1cccc(CN(CC(N)=O)CC(N)=O)c1. The molecule has 0 aromatic heterocycles. The smallest absolute Gasteiger partial charge is 0.231 e. The maximum absolute atomic E-state index is 10.9. The zero-order valence-electron chi connectivity index (χ0n) is 10.1. The van der Waals surface area contributed by atoms with Crippen LogP contribution in [0.3, 0.4) is 0 Å². The van der Waals surface area contributed by atoms with Gasteiger partial charge in [-0.15, -0.1) is 0 Å². The lowest BCUT2D eigenvalue weighted by Crippen LogP contribution is -2.39. The van der Waals surface area contributed by atoms with E-state index in [1.807, 2.05) is 24.3 Å². The van der Waals surface area contributed by atoms with Crippen LogP contribution < -0.4 is 17.2 Å². The van der Waals surface area contributed by atoms with Crippen molar-refractivity contribution in [3.63, 3.8) is 0 Å². The van der Waals surface area contributed by atoms with Gasteiger partial charge in [0, 0.05) is 13.1 Å². The Morgan fingerprint density at radius 3 is 2.11 bits per heavy atom. The Morgan fingerprint density at radius 1 is 1.06 bits per heavy atom. The molecule has 0 saturated carbocycles. The fourth-order valence-electron chi connectivity index (χ4n) is 1.72. The van der Waals surface area contributed by atoms with Crippen molar-refractivity contribution >= 4 is 11.8 Å². The molecule has 0 aliphatic heterocycles. The summed E-state index contributed by atoms with van der Waals surface area (Å²) in [5, 5.41) is 0. The first-order valence-electron chi connectivity index (χ1n) is 5.58. The summed E-state index contributed by atoms with van der Waals surface area (Å²) in [4.78, 5) is 23.4. The third-order valence-electron chi connectivity index (χ3n) is 2.39. The van der Waals surface area contributed by atoms with E-state index < -0.39 is 11.8 Å². The van der Waals surface area contributed by atoms with Gasteiger partial charge in [0.25, 0.3) is 0 Å². The highest BCUT2D eigenvalue weighted by Gasteiger charge is 2.11. The summed E-state index contributed by atoms with van der Waals surface area (Å²) >= 11 is 0. The Morgan fingerprint density at radius 2 is 1.61 bits per heavy atom. The lowest BCUT2D eigenvalue weighted by molar-refractivity contribution is -0.122. The summed E-state index contributed by atoms with van der Waals surface area (Å²) in [7, 11) is 0. The molecule has 0 heterocycles. The van der Waals surface area contributed by atoms with E-state index in [0.717, 1.165) is 11.1 Å². The number of hydrogen-bond donors (Lipinski definition) is 3. The highest BCUT2D eigenvalue weighted by Crippen LogP contribution is 2.07. The van der Waals surface area contributed by atoms with Gasteiger partial charge in [0.2, 0.25) is 11.8 Å². The van der Waals surface area contributed by atoms with Crippen molar-refractivity contribution < 1.29 is 9.59 Å². The molecule has 6 heteroatoms. The average Bonchev–Trinajstić information content (AvgIpc) is 2.27. The number of amides is 2. The fourth-order valence-corrected chi connectivity index (χ4v) is 1.72. The standard InChI is InChI=1S/C12H18N4O2/c13-5-9-2-1-3-10(4-9)6-16(7-11(14)17)8-12(15)18/h1-4H,5-8,13H2,(H2,14,17)(H2,15,18). The average molecular weight is 250 g/mol. The van der Waals surface area contributed by atoms with Crippen LogP contribution in [0.4, 0.5) is 0 Å². The van der Waals surface area contributed by atoms with Gasteiger partial charge in [-0.1, -0.05) is 24.3 Å². The summed E-state index contributed by atoms with van der Waals surface area (Å²) < 4.78 is 0. The van der Waals surface area contributed by atoms with E-state index in [-0.39, 0.29) is 13.1 Å². The minimum Gasteiger partial charge on any atom is -0.369 e. The van der Waals surface area contributed by atoms with Gasteiger partial charge in [-0.25, -0.2) is 0 Å². The Bertz CT molecular complexity index is 418. The van der Waals surface area contributed by atoms with Crippen LogP contribution in [0, 0.1) is 0 Å². The number of primary amides is 2. The fraction of sp³-hybridized carbons (Fsp3) is 0.333. The van der Waals surface area contributed by atoms with E-state index in [2.05, 4.69) is 0 Å². The van der Waals surface area contributed by atoms with Gasteiger partial charge in [-0.3, -0.25) is 14.5 Å². The monoisotopic (exact) mass is 250 g/mol. The molecule has 98 valence electrons. The van der Waals surface area contributed by atoms with Crippen LogP contribution >= 0.6 is 0 Å². The van der Waals surface area contributed by atoms with Gasteiger partial charge in [0.05, 0.1) is 13.1 Å². The number of nitrogens with two attached hydrogens (primary N) is 3. The molecule has 1 aromatic rings. The van der Waals surface area contributed by atoms with E-state index in [1.54, 1.807) is 4.90 Å². The summed E-state index contributed by atoms with van der Waals surface area (Å²) in [6, 6.07) is 7.61. The molecule has 0 aliphatic carbocycles. The largest absolute Gasteiger partial charge is 0.369 e. The zero-order valence-corrected chi connectivity index (χ0v) is 10.1. The second-order valence-corrected chi connectivity index (χ2v) is 4.10. The quantitative estimate of drug-likeness (QED) is 0.570. The number of rotatable bonds is 7. The topological polar surface area (TPSA) is 115 Å². The number of nitrogens with zero attached hydrogens (tertiary/aromatic N) is 1. The molecule has 0 bridgehead atoms. The van der Waals surface area contributed by atoms with Crippen molar-refractivity contribution in [1.29, 1.82) is 0 Å². The normalized spacial score (nSPS) is 10.6. The van der Waals surface area contributed by atoms with E-state index in [1.165, 1.54) is 0 Å². The van der Waals surface area contributed by atoms with Crippen molar-refractivity contribution in [3.05, 3.63) is 35.4 Å². The van der Waals surface area contributed by atoms with Gasteiger partial charge < -0.3 is 17.2 Å². The molecule has 0 saturated heterocycles. The maximum atomic E-state index is 10.9. The van der Waals surface area contributed by atoms with Crippen LogP contribution in [0.2, 0.25) is 0 Å². The van der Waals surface area contributed by atoms with Crippen LogP contribution in [0.25, 0.3) is 0 Å². The zero-order chi connectivity index (χ0) is 13.5. The van der Waals surface area contributed by atoms with Crippen LogP contribution in [0.5, 0.6) is 0 Å². The lowest BCUT2D eigenvalue weighted by Gasteiger charge is -2.19. The van der Waals surface area contributed by atoms with Crippen LogP contribution in [-0.4, -0.2) is 29.8 Å². The van der Waals surface area contributed by atoms with E-state index in [9.17, 15) is 9.59 Å². The third-order valence-corrected chi connectivity index (χ3v) is 2.39. The van der Waals surface area contributed by atoms with Gasteiger partial charge >= 0.3 is 0 Å². The number of carbonyl (C=O) groups is 2. The number of carbonyl (C=O) groups excluding carboxylic acids is 2. The summed E-state index contributed by atoms with van der Waals surface area (Å²) in [6.45, 7) is 0.866. The predicted octanol–water partition coefficient (Wildman–Crippen LogP) is -1.08. The second kappa shape index (κ2) is 6.73. The molecule has 18 heavy (non-hydrogen) atoms. The Kier molecular flexibility index (Phi) is 5.29. The molecular weight excluding hydrogens is 232 g/mol. The minimum atomic E-state index is -0.494. The molecule has 1 aromatic carbocycles. The first-order valence-corrected chi connectivity index (χ1v) is 5.58. The molecule has 0 aliphatic rings. The molecule has 0 radical (unpaired) electrons. The van der Waals surface area contributed by atoms with Crippen molar-refractivity contribution in [2.75, 3.05) is 13.1 Å². The molecule has 6 nitrogen and oxygen atoms in total. The Labute approximate surface area is 106 Å². The second-order valence-electron chi connectivity index (χ2n) is 4.10. The van der Waals surface area contributed by atoms with E-state index in [4.69, 9.17) is 17.2 Å². The van der Waals surface area contributed by atoms with Crippen LogP contribution in [-0.2, 0) is 22.7 Å². The first-order chi connectivity index (χ1) is 8.51. The Hall–Kier alpha value is -1.92. The first kappa shape index (κ1) is 14.1. The Balaban J connectivity index is 2.74. The summed E-state index contributed by atoms with van der Waals surface area (Å²) in [6.07, 6.45) is 0. The van der Waals surface area contributed by atoms with Crippen molar-refractivity contribution in [3.8, 4) is 0 Å². The highest BCUT2D eigenvalue weighted by atomic mass is 16.2. The van der Waals surface area contributed by atoms with Gasteiger partial charge in [0.1, 0.15) is 0 Å². The van der Waals surface area contributed by atoms with Gasteiger partial charge in [-0.2, -0.15) is 0 Å². The van der Waals surface area contributed by atoms with Crippen LogP contribution in [0.1, 0.15) is 11.1 Å². The summed E-state index contributed by atoms with van der Waals surface area (Å²) in [5.74, 6) is -0.988. The van der Waals surface area contributed by atoms with E-state index >= 15 is 0 Å². The maximum Gasteiger partial charge on any atom is 0.231 e. The highest BCUT2D eigenvalue weighted by molar-refractivity contribution is 5.79. The van der Waals surface area contributed by atoms with Crippen LogP contribution in [0.15, 0.2) is 24.3 Å². The molecule has 0 fully saturated rings. The van der Waals surface area contributed by atoms with Crippen molar-refractivity contribution in [1.82, 2.24) is 4.90 Å². The van der Waals surface area contributed by atoms with Crippen molar-refractivity contribution in [2.45, 2.75) is 13.1 Å². The third kappa shape index (κ3) is 4.94. The predicted molar refractivity (Wildman–Crippen MR) is 68.0 cm³/mol.